The van der Waals surface area contributed by atoms with Crippen molar-refractivity contribution in [3.8, 4) is 0 Å². The highest BCUT2D eigenvalue weighted by molar-refractivity contribution is 5.78. The highest BCUT2D eigenvalue weighted by atomic mass is 16.5. The van der Waals surface area contributed by atoms with Crippen LogP contribution in [0.25, 0.3) is 0 Å². The highest BCUT2D eigenvalue weighted by Gasteiger charge is 2.49. The standard InChI is InChI=1S/C11H16N2O3/c1-2-16-10(14)8-6-3-4-7(5-6)9(8)13-11(12)15/h3-4,6-9H,2,5H2,1H3,(H3,12,13,15)/t6-,7+,8-,9+/m0/s1. The van der Waals surface area contributed by atoms with Crippen LogP contribution >= 0.6 is 0 Å². The van der Waals surface area contributed by atoms with E-state index >= 15 is 0 Å². The van der Waals surface area contributed by atoms with E-state index in [9.17, 15) is 9.59 Å². The molecular weight excluding hydrogens is 208 g/mol. The van der Waals surface area contributed by atoms with Crippen LogP contribution in [0.1, 0.15) is 13.3 Å². The second-order valence-electron chi connectivity index (χ2n) is 4.26. The van der Waals surface area contributed by atoms with Gasteiger partial charge in [0, 0.05) is 0 Å². The molecule has 1 fully saturated rings. The topological polar surface area (TPSA) is 81.4 Å². The summed E-state index contributed by atoms with van der Waals surface area (Å²) >= 11 is 0. The van der Waals surface area contributed by atoms with E-state index < -0.39 is 6.03 Å². The molecule has 1 saturated carbocycles. The average Bonchev–Trinajstić information content (AvgIpc) is 2.77. The summed E-state index contributed by atoms with van der Waals surface area (Å²) in [6.07, 6.45) is 4.97. The van der Waals surface area contributed by atoms with Crippen molar-refractivity contribution in [2.45, 2.75) is 19.4 Å². The normalized spacial score (nSPS) is 35.1. The first-order valence-electron chi connectivity index (χ1n) is 5.54. The van der Waals surface area contributed by atoms with Crippen molar-refractivity contribution in [3.63, 3.8) is 0 Å². The summed E-state index contributed by atoms with van der Waals surface area (Å²) in [6, 6.07) is -0.785. The number of nitrogens with two attached hydrogens (primary N) is 1. The van der Waals surface area contributed by atoms with Crippen molar-refractivity contribution >= 4 is 12.0 Å². The Kier molecular flexibility index (Phi) is 2.85. The molecule has 5 heteroatoms. The van der Waals surface area contributed by atoms with Gasteiger partial charge in [-0.15, -0.1) is 0 Å². The first kappa shape index (κ1) is 11.0. The average molecular weight is 224 g/mol. The molecule has 2 amide bonds. The van der Waals surface area contributed by atoms with Gasteiger partial charge in [-0.1, -0.05) is 12.2 Å². The molecule has 2 bridgehead atoms. The van der Waals surface area contributed by atoms with Crippen molar-refractivity contribution in [2.75, 3.05) is 6.61 Å². The third-order valence-corrected chi connectivity index (χ3v) is 3.33. The number of allylic oxidation sites excluding steroid dienone is 1. The summed E-state index contributed by atoms with van der Waals surface area (Å²) in [5, 5.41) is 2.65. The quantitative estimate of drug-likeness (QED) is 0.538. The second-order valence-corrected chi connectivity index (χ2v) is 4.26. The summed E-state index contributed by atoms with van der Waals surface area (Å²) in [5.74, 6) is -0.117. The number of carbonyl (C=O) groups excluding carboxylic acids is 2. The Morgan fingerprint density at radius 1 is 1.44 bits per heavy atom. The van der Waals surface area contributed by atoms with E-state index in [0.29, 0.717) is 6.61 Å². The van der Waals surface area contributed by atoms with Crippen LogP contribution in [-0.4, -0.2) is 24.6 Å². The van der Waals surface area contributed by atoms with Gasteiger partial charge in [0.1, 0.15) is 0 Å². The van der Waals surface area contributed by atoms with E-state index in [1.807, 2.05) is 12.2 Å². The number of esters is 1. The van der Waals surface area contributed by atoms with Crippen molar-refractivity contribution in [3.05, 3.63) is 12.2 Å². The molecular formula is C11H16N2O3. The van der Waals surface area contributed by atoms with E-state index in [-0.39, 0.29) is 29.8 Å². The van der Waals surface area contributed by atoms with Crippen LogP contribution in [0.4, 0.5) is 4.79 Å². The zero-order valence-corrected chi connectivity index (χ0v) is 9.18. The van der Waals surface area contributed by atoms with Crippen LogP contribution in [0.15, 0.2) is 12.2 Å². The summed E-state index contributed by atoms with van der Waals surface area (Å²) in [6.45, 7) is 2.14. The van der Waals surface area contributed by atoms with Gasteiger partial charge in [0.25, 0.3) is 0 Å². The number of ether oxygens (including phenoxy) is 1. The second kappa shape index (κ2) is 4.15. The lowest BCUT2D eigenvalue weighted by atomic mass is 9.89. The molecule has 0 aromatic carbocycles. The smallest absolute Gasteiger partial charge is 0.312 e. The van der Waals surface area contributed by atoms with E-state index in [1.54, 1.807) is 6.92 Å². The van der Waals surface area contributed by atoms with E-state index in [4.69, 9.17) is 10.5 Å². The van der Waals surface area contributed by atoms with E-state index in [0.717, 1.165) is 6.42 Å². The van der Waals surface area contributed by atoms with Gasteiger partial charge >= 0.3 is 12.0 Å². The number of nitrogens with one attached hydrogen (secondary N) is 1. The molecule has 3 N–H and O–H groups in total. The molecule has 88 valence electrons. The van der Waals surface area contributed by atoms with Crippen LogP contribution in [0.5, 0.6) is 0 Å². The number of hydrogen-bond acceptors (Lipinski definition) is 3. The predicted octanol–water partition coefficient (Wildman–Crippen LogP) is 0.408. The van der Waals surface area contributed by atoms with Gasteiger partial charge in [-0.2, -0.15) is 0 Å². The van der Waals surface area contributed by atoms with Crippen molar-refractivity contribution < 1.29 is 14.3 Å². The number of urea groups is 1. The number of fused-ring (bicyclic) bond motifs is 2. The molecule has 0 heterocycles. The maximum Gasteiger partial charge on any atom is 0.312 e. The van der Waals surface area contributed by atoms with Gasteiger partial charge in [0.05, 0.1) is 18.6 Å². The van der Waals surface area contributed by atoms with Crippen LogP contribution in [0.2, 0.25) is 0 Å². The van der Waals surface area contributed by atoms with Crippen molar-refractivity contribution in [1.82, 2.24) is 5.32 Å². The highest BCUT2D eigenvalue weighted by Crippen LogP contribution is 2.44. The van der Waals surface area contributed by atoms with E-state index in [1.165, 1.54) is 0 Å². The maximum atomic E-state index is 11.8. The molecule has 0 spiro atoms. The Morgan fingerprint density at radius 3 is 2.75 bits per heavy atom. The molecule has 2 aliphatic rings. The fraction of sp³-hybridized carbons (Fsp3) is 0.636. The SMILES string of the molecule is CCOC(=O)[C@@H]1[C@H](NC(N)=O)[C@@H]2C=C[C@H]1C2. The summed E-state index contributed by atoms with van der Waals surface area (Å²) < 4.78 is 5.03. The largest absolute Gasteiger partial charge is 0.466 e. The van der Waals surface area contributed by atoms with Gasteiger partial charge in [0.15, 0.2) is 0 Å². The van der Waals surface area contributed by atoms with E-state index in [2.05, 4.69) is 5.32 Å². The first-order chi connectivity index (χ1) is 7.63. The number of primary amides is 1. The minimum Gasteiger partial charge on any atom is -0.466 e. The molecule has 0 aromatic heterocycles. The van der Waals surface area contributed by atoms with Crippen LogP contribution in [-0.2, 0) is 9.53 Å². The molecule has 0 saturated heterocycles. The Hall–Kier alpha value is -1.52. The lowest BCUT2D eigenvalue weighted by Gasteiger charge is -2.26. The lowest BCUT2D eigenvalue weighted by Crippen LogP contribution is -2.48. The summed E-state index contributed by atoms with van der Waals surface area (Å²) in [4.78, 5) is 22.7. The molecule has 16 heavy (non-hydrogen) atoms. The first-order valence-corrected chi connectivity index (χ1v) is 5.54. The molecule has 2 aliphatic carbocycles. The zero-order chi connectivity index (χ0) is 11.7. The minimum atomic E-state index is -0.583. The maximum absolute atomic E-state index is 11.8. The molecule has 5 nitrogen and oxygen atoms in total. The number of amides is 2. The van der Waals surface area contributed by atoms with Gasteiger partial charge < -0.3 is 15.8 Å². The lowest BCUT2D eigenvalue weighted by molar-refractivity contribution is -0.149. The molecule has 0 unspecified atom stereocenters. The number of rotatable bonds is 3. The van der Waals surface area contributed by atoms with Gasteiger partial charge in [0.2, 0.25) is 0 Å². The fourth-order valence-corrected chi connectivity index (χ4v) is 2.74. The van der Waals surface area contributed by atoms with Gasteiger partial charge in [-0.3, -0.25) is 4.79 Å². The molecule has 2 rings (SSSR count). The summed E-state index contributed by atoms with van der Waals surface area (Å²) in [5.41, 5.74) is 5.11. The Labute approximate surface area is 94.0 Å². The Morgan fingerprint density at radius 2 is 2.12 bits per heavy atom. The monoisotopic (exact) mass is 224 g/mol. The fourth-order valence-electron chi connectivity index (χ4n) is 2.74. The van der Waals surface area contributed by atoms with Crippen LogP contribution in [0, 0.1) is 17.8 Å². The minimum absolute atomic E-state index is 0.181. The van der Waals surface area contributed by atoms with Crippen LogP contribution in [0.3, 0.4) is 0 Å². The Bertz CT molecular complexity index is 340. The van der Waals surface area contributed by atoms with Gasteiger partial charge in [-0.05, 0) is 25.2 Å². The third kappa shape index (κ3) is 1.77. The van der Waals surface area contributed by atoms with Crippen molar-refractivity contribution in [1.29, 1.82) is 0 Å². The molecule has 4 atom stereocenters. The van der Waals surface area contributed by atoms with Crippen LogP contribution < -0.4 is 11.1 Å². The zero-order valence-electron chi connectivity index (χ0n) is 9.18. The third-order valence-electron chi connectivity index (χ3n) is 3.33. The summed E-state index contributed by atoms with van der Waals surface area (Å²) in [7, 11) is 0. The molecule has 0 aliphatic heterocycles. The molecule has 0 aromatic rings. The number of carbonyl (C=O) groups is 2. The van der Waals surface area contributed by atoms with Gasteiger partial charge in [-0.25, -0.2) is 4.79 Å². The molecule has 0 radical (unpaired) electrons. The Balaban J connectivity index is 2.12. The number of hydrogen-bond donors (Lipinski definition) is 2. The predicted molar refractivity (Wildman–Crippen MR) is 57.4 cm³/mol. The van der Waals surface area contributed by atoms with Crippen molar-refractivity contribution in [2.24, 2.45) is 23.5 Å².